The van der Waals surface area contributed by atoms with Gasteiger partial charge in [0, 0.05) is 32.7 Å². The van der Waals surface area contributed by atoms with Gasteiger partial charge in [-0.2, -0.15) is 0 Å². The van der Waals surface area contributed by atoms with E-state index in [4.69, 9.17) is 0 Å². The van der Waals surface area contributed by atoms with E-state index in [0.717, 1.165) is 32.0 Å². The third-order valence-electron chi connectivity index (χ3n) is 4.17. The molecule has 1 aromatic carbocycles. The van der Waals surface area contributed by atoms with E-state index >= 15 is 0 Å². The normalized spacial score (nSPS) is 17.5. The lowest BCUT2D eigenvalue weighted by molar-refractivity contribution is 0.148. The van der Waals surface area contributed by atoms with Gasteiger partial charge in [0.25, 0.3) is 0 Å². The third-order valence-corrected chi connectivity index (χ3v) is 4.17. The number of nitrogens with one attached hydrogen (secondary N) is 1. The van der Waals surface area contributed by atoms with E-state index in [1.165, 1.54) is 37.3 Å². The Kier molecular flexibility index (Phi) is 6.68. The first-order valence-electron chi connectivity index (χ1n) is 8.33. The molecular weight excluding hydrogens is 258 g/mol. The summed E-state index contributed by atoms with van der Waals surface area (Å²) in [4.78, 5) is 4.96. The molecule has 1 heterocycles. The van der Waals surface area contributed by atoms with Crippen LogP contribution in [0.1, 0.15) is 25.0 Å². The highest BCUT2D eigenvalue weighted by molar-refractivity contribution is 5.22. The lowest BCUT2D eigenvalue weighted by Gasteiger charge is -2.32. The molecule has 0 radical (unpaired) electrons. The maximum absolute atomic E-state index is 3.50. The van der Waals surface area contributed by atoms with E-state index < -0.39 is 0 Å². The molecule has 1 N–H and O–H groups in total. The molecule has 1 aliphatic heterocycles. The zero-order valence-electron chi connectivity index (χ0n) is 13.9. The van der Waals surface area contributed by atoms with E-state index in [-0.39, 0.29) is 0 Å². The Labute approximate surface area is 130 Å². The summed E-state index contributed by atoms with van der Waals surface area (Å²) in [6.07, 6.45) is 1.13. The third kappa shape index (κ3) is 6.16. The molecule has 3 heteroatoms. The molecule has 1 fully saturated rings. The van der Waals surface area contributed by atoms with Crippen molar-refractivity contribution < 1.29 is 0 Å². The number of benzene rings is 1. The second-order valence-electron chi connectivity index (χ2n) is 6.74. The van der Waals surface area contributed by atoms with Gasteiger partial charge in [-0.1, -0.05) is 38.1 Å². The zero-order chi connectivity index (χ0) is 15.1. The lowest BCUT2D eigenvalue weighted by atomic mass is 10.1. The van der Waals surface area contributed by atoms with Crippen LogP contribution in [0.5, 0.6) is 0 Å². The van der Waals surface area contributed by atoms with Gasteiger partial charge in [0.05, 0.1) is 0 Å². The Morgan fingerprint density at radius 1 is 1.00 bits per heavy atom. The van der Waals surface area contributed by atoms with Crippen molar-refractivity contribution in [2.75, 3.05) is 46.3 Å². The van der Waals surface area contributed by atoms with Crippen molar-refractivity contribution in [2.45, 2.75) is 26.8 Å². The molecule has 0 bridgehead atoms. The van der Waals surface area contributed by atoms with Crippen LogP contribution < -0.4 is 5.32 Å². The van der Waals surface area contributed by atoms with E-state index in [1.807, 2.05) is 0 Å². The fraction of sp³-hybridized carbons (Fsp3) is 0.667. The van der Waals surface area contributed by atoms with Crippen LogP contribution in [0, 0.1) is 5.92 Å². The zero-order valence-corrected chi connectivity index (χ0v) is 13.9. The molecule has 21 heavy (non-hydrogen) atoms. The van der Waals surface area contributed by atoms with Crippen LogP contribution in [-0.2, 0) is 13.0 Å². The highest BCUT2D eigenvalue weighted by Gasteiger charge is 2.13. The van der Waals surface area contributed by atoms with Gasteiger partial charge < -0.3 is 10.2 Å². The molecule has 0 saturated carbocycles. The van der Waals surface area contributed by atoms with E-state index in [0.29, 0.717) is 0 Å². The molecule has 118 valence electrons. The van der Waals surface area contributed by atoms with Crippen molar-refractivity contribution >= 4 is 0 Å². The fourth-order valence-electron chi connectivity index (χ4n) is 2.70. The van der Waals surface area contributed by atoms with Crippen LogP contribution in [0.25, 0.3) is 0 Å². The second-order valence-corrected chi connectivity index (χ2v) is 6.74. The molecule has 0 spiro atoms. The fourth-order valence-corrected chi connectivity index (χ4v) is 2.70. The topological polar surface area (TPSA) is 18.5 Å². The minimum absolute atomic E-state index is 0.732. The summed E-state index contributed by atoms with van der Waals surface area (Å²) in [5, 5.41) is 3.50. The van der Waals surface area contributed by atoms with Gasteiger partial charge >= 0.3 is 0 Å². The van der Waals surface area contributed by atoms with Gasteiger partial charge in [0.2, 0.25) is 0 Å². The molecule has 1 saturated heterocycles. The minimum Gasteiger partial charge on any atom is -0.316 e. The van der Waals surface area contributed by atoms with Crippen molar-refractivity contribution in [3.63, 3.8) is 0 Å². The molecule has 0 atom stereocenters. The van der Waals surface area contributed by atoms with Crippen LogP contribution >= 0.6 is 0 Å². The van der Waals surface area contributed by atoms with Crippen LogP contribution in [0.2, 0.25) is 0 Å². The Balaban J connectivity index is 1.71. The second kappa shape index (κ2) is 8.52. The summed E-state index contributed by atoms with van der Waals surface area (Å²) in [6.45, 7) is 12.6. The molecule has 1 aliphatic rings. The van der Waals surface area contributed by atoms with Crippen molar-refractivity contribution in [1.82, 2.24) is 15.1 Å². The molecular formula is C18H31N3. The first kappa shape index (κ1) is 16.5. The summed E-state index contributed by atoms with van der Waals surface area (Å²) in [7, 11) is 2.21. The standard InChI is InChI=1S/C18H31N3/c1-16(2)14-19-9-8-17-4-6-18(7-5-17)15-21-12-10-20(3)11-13-21/h4-7,16,19H,8-15H2,1-3H3. The van der Waals surface area contributed by atoms with Gasteiger partial charge in [-0.3, -0.25) is 4.90 Å². The summed E-state index contributed by atoms with van der Waals surface area (Å²) in [5.74, 6) is 0.732. The predicted molar refractivity (Wildman–Crippen MR) is 90.6 cm³/mol. The van der Waals surface area contributed by atoms with E-state index in [1.54, 1.807) is 0 Å². The smallest absolute Gasteiger partial charge is 0.0234 e. The first-order valence-corrected chi connectivity index (χ1v) is 8.33. The lowest BCUT2D eigenvalue weighted by Crippen LogP contribution is -2.43. The molecule has 0 aliphatic carbocycles. The largest absolute Gasteiger partial charge is 0.316 e. The summed E-state index contributed by atoms with van der Waals surface area (Å²) in [5.41, 5.74) is 2.88. The minimum atomic E-state index is 0.732. The van der Waals surface area contributed by atoms with Gasteiger partial charge in [0.1, 0.15) is 0 Å². The quantitative estimate of drug-likeness (QED) is 0.777. The van der Waals surface area contributed by atoms with Crippen molar-refractivity contribution in [3.8, 4) is 0 Å². The molecule has 0 unspecified atom stereocenters. The maximum atomic E-state index is 3.50. The average molecular weight is 289 g/mol. The number of likely N-dealkylation sites (N-methyl/N-ethyl adjacent to an activating group) is 1. The Morgan fingerprint density at radius 3 is 2.24 bits per heavy atom. The van der Waals surface area contributed by atoms with Crippen LogP contribution in [0.4, 0.5) is 0 Å². The highest BCUT2D eigenvalue weighted by Crippen LogP contribution is 2.10. The predicted octanol–water partition coefficient (Wildman–Crippen LogP) is 2.22. The number of hydrogen-bond acceptors (Lipinski definition) is 3. The SMILES string of the molecule is CC(C)CNCCc1ccc(CN2CCN(C)CC2)cc1. The van der Waals surface area contributed by atoms with Gasteiger partial charge in [0.15, 0.2) is 0 Å². The maximum Gasteiger partial charge on any atom is 0.0234 e. The number of rotatable bonds is 7. The molecule has 1 aromatic rings. The summed E-state index contributed by atoms with van der Waals surface area (Å²) >= 11 is 0. The summed E-state index contributed by atoms with van der Waals surface area (Å²) in [6, 6.07) is 9.19. The molecule has 2 rings (SSSR count). The average Bonchev–Trinajstić information content (AvgIpc) is 2.47. The monoisotopic (exact) mass is 289 g/mol. The van der Waals surface area contributed by atoms with Crippen LogP contribution in [0.15, 0.2) is 24.3 Å². The van der Waals surface area contributed by atoms with Gasteiger partial charge in [-0.05, 0) is 43.6 Å². The number of nitrogens with zero attached hydrogens (tertiary/aromatic N) is 2. The van der Waals surface area contributed by atoms with E-state index in [9.17, 15) is 0 Å². The summed E-state index contributed by atoms with van der Waals surface area (Å²) < 4.78 is 0. The molecule has 0 aromatic heterocycles. The highest BCUT2D eigenvalue weighted by atomic mass is 15.2. The van der Waals surface area contributed by atoms with Crippen molar-refractivity contribution in [3.05, 3.63) is 35.4 Å². The van der Waals surface area contributed by atoms with Crippen molar-refractivity contribution in [1.29, 1.82) is 0 Å². The van der Waals surface area contributed by atoms with E-state index in [2.05, 4.69) is 60.3 Å². The van der Waals surface area contributed by atoms with Gasteiger partial charge in [-0.25, -0.2) is 0 Å². The van der Waals surface area contributed by atoms with Crippen LogP contribution in [-0.4, -0.2) is 56.1 Å². The Bertz CT molecular complexity index is 391. The number of piperazine rings is 1. The Morgan fingerprint density at radius 2 is 1.62 bits per heavy atom. The number of hydrogen-bond donors (Lipinski definition) is 1. The molecule has 0 amide bonds. The van der Waals surface area contributed by atoms with Gasteiger partial charge in [-0.15, -0.1) is 0 Å². The first-order chi connectivity index (χ1) is 10.1. The van der Waals surface area contributed by atoms with Crippen LogP contribution in [0.3, 0.4) is 0 Å². The molecule has 3 nitrogen and oxygen atoms in total. The Hall–Kier alpha value is -0.900. The van der Waals surface area contributed by atoms with Crippen molar-refractivity contribution in [2.24, 2.45) is 5.92 Å².